The lowest BCUT2D eigenvalue weighted by Crippen LogP contribution is -2.41. The lowest BCUT2D eigenvalue weighted by molar-refractivity contribution is -0.136. The Kier molecular flexibility index (Phi) is 4.65. The summed E-state index contributed by atoms with van der Waals surface area (Å²) in [5, 5.41) is 3.82. The van der Waals surface area contributed by atoms with E-state index in [1.807, 2.05) is 4.90 Å². The Morgan fingerprint density at radius 1 is 1.19 bits per heavy atom. The van der Waals surface area contributed by atoms with Gasteiger partial charge in [-0.2, -0.15) is 14.6 Å². The fourth-order valence-electron chi connectivity index (χ4n) is 3.89. The first kappa shape index (κ1) is 17.1. The van der Waals surface area contributed by atoms with Crippen molar-refractivity contribution in [3.05, 3.63) is 35.9 Å². The number of hydrogen-bond donors (Lipinski definition) is 0. The first-order chi connectivity index (χ1) is 12.6. The van der Waals surface area contributed by atoms with E-state index >= 15 is 0 Å². The average molecular weight is 361 g/mol. The number of fused-ring (bicyclic) bond motifs is 1. The topological polar surface area (TPSA) is 63.4 Å². The van der Waals surface area contributed by atoms with Crippen molar-refractivity contribution >= 4 is 11.7 Å². The van der Waals surface area contributed by atoms with Gasteiger partial charge in [-0.1, -0.05) is 12.2 Å². The van der Waals surface area contributed by atoms with Crippen LogP contribution in [-0.2, 0) is 4.79 Å². The smallest absolute Gasteiger partial charge is 0.280 e. The number of rotatable bonds is 3. The van der Waals surface area contributed by atoms with Crippen molar-refractivity contribution in [1.29, 1.82) is 0 Å². The fourth-order valence-corrected chi connectivity index (χ4v) is 3.89. The molecule has 26 heavy (non-hydrogen) atoms. The number of carbonyl (C=O) groups is 1. The third-order valence-corrected chi connectivity index (χ3v) is 5.37. The second-order valence-electron chi connectivity index (χ2n) is 6.96. The summed E-state index contributed by atoms with van der Waals surface area (Å²) in [7, 11) is 0. The van der Waals surface area contributed by atoms with Gasteiger partial charge in [0, 0.05) is 30.6 Å². The van der Waals surface area contributed by atoms with Crippen molar-refractivity contribution in [2.24, 2.45) is 5.92 Å². The van der Waals surface area contributed by atoms with Gasteiger partial charge in [0.1, 0.15) is 12.0 Å². The number of aromatic nitrogens is 4. The van der Waals surface area contributed by atoms with Crippen LogP contribution in [-0.4, -0.2) is 43.5 Å². The van der Waals surface area contributed by atoms with Crippen LogP contribution >= 0.6 is 0 Å². The van der Waals surface area contributed by atoms with Gasteiger partial charge in [0.2, 0.25) is 5.91 Å². The zero-order valence-corrected chi connectivity index (χ0v) is 14.4. The molecule has 1 amide bonds. The average Bonchev–Trinajstić information content (AvgIpc) is 3.16. The predicted octanol–water partition coefficient (Wildman–Crippen LogP) is 3.12. The number of piperidine rings is 1. The largest absolute Gasteiger partial charge is 0.342 e. The van der Waals surface area contributed by atoms with Crippen molar-refractivity contribution in [2.45, 2.75) is 44.4 Å². The lowest BCUT2D eigenvalue weighted by Gasteiger charge is -2.34. The summed E-state index contributed by atoms with van der Waals surface area (Å²) in [6.07, 6.45) is 6.97. The summed E-state index contributed by atoms with van der Waals surface area (Å²) < 4.78 is 27.7. The fraction of sp³-hybridized carbons (Fsp3) is 0.556. The molecule has 4 rings (SSSR count). The number of hydrogen-bond acceptors (Lipinski definition) is 4. The van der Waals surface area contributed by atoms with Gasteiger partial charge in [-0.05, 0) is 38.2 Å². The molecule has 1 atom stereocenters. The first-order valence-electron chi connectivity index (χ1n) is 9.06. The molecule has 0 radical (unpaired) electrons. The minimum atomic E-state index is -2.64. The van der Waals surface area contributed by atoms with Crippen LogP contribution in [0.4, 0.5) is 8.78 Å². The molecule has 1 fully saturated rings. The van der Waals surface area contributed by atoms with Crippen molar-refractivity contribution < 1.29 is 13.6 Å². The molecule has 1 aliphatic carbocycles. The highest BCUT2D eigenvalue weighted by Crippen LogP contribution is 2.31. The van der Waals surface area contributed by atoms with Crippen molar-refractivity contribution in [1.82, 2.24) is 24.5 Å². The van der Waals surface area contributed by atoms with E-state index in [1.165, 1.54) is 12.4 Å². The molecule has 3 heterocycles. The second kappa shape index (κ2) is 7.09. The molecule has 0 aromatic carbocycles. The SMILES string of the molecule is O=C([C@H]1CC=CCC1)N1CCC(c2cc(C(F)F)n3ncnc3n2)CC1. The first-order valence-corrected chi connectivity index (χ1v) is 9.06. The standard InChI is InChI=1S/C18H21F2N5O/c19-16(20)15-10-14(23-18-21-11-22-25(15)18)12-6-8-24(9-7-12)17(26)13-4-2-1-3-5-13/h1-2,10-13,16H,3-9H2/t13-/m0/s1. The number of carbonyl (C=O) groups excluding carboxylic acids is 1. The van der Waals surface area contributed by atoms with Gasteiger partial charge in [-0.3, -0.25) is 4.79 Å². The molecule has 1 aliphatic heterocycles. The Morgan fingerprint density at radius 2 is 2.00 bits per heavy atom. The van der Waals surface area contributed by atoms with Crippen LogP contribution in [0.15, 0.2) is 24.5 Å². The molecule has 8 heteroatoms. The summed E-state index contributed by atoms with van der Waals surface area (Å²) in [6.45, 7) is 1.29. The number of halogens is 2. The Balaban J connectivity index is 1.47. The Morgan fingerprint density at radius 3 is 2.69 bits per heavy atom. The van der Waals surface area contributed by atoms with Gasteiger partial charge in [-0.25, -0.2) is 13.8 Å². The molecule has 138 valence electrons. The van der Waals surface area contributed by atoms with Crippen LogP contribution in [0.3, 0.4) is 0 Å². The molecular weight excluding hydrogens is 340 g/mol. The molecule has 0 unspecified atom stereocenters. The van der Waals surface area contributed by atoms with Crippen LogP contribution in [0.25, 0.3) is 5.78 Å². The molecule has 0 N–H and O–H groups in total. The molecule has 6 nitrogen and oxygen atoms in total. The van der Waals surface area contributed by atoms with Crippen LogP contribution in [0, 0.1) is 5.92 Å². The Bertz CT molecular complexity index is 826. The molecular formula is C18H21F2N5O. The Hall–Kier alpha value is -2.38. The van der Waals surface area contributed by atoms with E-state index in [9.17, 15) is 13.6 Å². The van der Waals surface area contributed by atoms with Crippen molar-refractivity contribution in [3.63, 3.8) is 0 Å². The third kappa shape index (κ3) is 3.20. The Labute approximate surface area is 149 Å². The van der Waals surface area contributed by atoms with Gasteiger partial charge in [0.05, 0.1) is 0 Å². The van der Waals surface area contributed by atoms with Crippen LogP contribution in [0.1, 0.15) is 55.8 Å². The van der Waals surface area contributed by atoms with E-state index in [0.717, 1.165) is 36.6 Å². The molecule has 2 aliphatic rings. The van der Waals surface area contributed by atoms with Gasteiger partial charge in [0.15, 0.2) is 0 Å². The van der Waals surface area contributed by atoms with E-state index < -0.39 is 6.43 Å². The van der Waals surface area contributed by atoms with Crippen LogP contribution in [0.2, 0.25) is 0 Å². The van der Waals surface area contributed by atoms with Crippen molar-refractivity contribution in [3.8, 4) is 0 Å². The van der Waals surface area contributed by atoms with Gasteiger partial charge < -0.3 is 4.90 Å². The zero-order chi connectivity index (χ0) is 18.1. The summed E-state index contributed by atoms with van der Waals surface area (Å²) >= 11 is 0. The van der Waals surface area contributed by atoms with E-state index in [0.29, 0.717) is 18.8 Å². The highest BCUT2D eigenvalue weighted by molar-refractivity contribution is 5.79. The highest BCUT2D eigenvalue weighted by Gasteiger charge is 2.30. The maximum atomic E-state index is 13.3. The third-order valence-electron chi connectivity index (χ3n) is 5.37. The molecule has 0 spiro atoms. The van der Waals surface area contributed by atoms with E-state index in [4.69, 9.17) is 0 Å². The molecule has 2 aromatic rings. The summed E-state index contributed by atoms with van der Waals surface area (Å²) in [4.78, 5) is 22.9. The summed E-state index contributed by atoms with van der Waals surface area (Å²) in [5.41, 5.74) is 0.434. The monoisotopic (exact) mass is 361 g/mol. The van der Waals surface area contributed by atoms with E-state index in [1.54, 1.807) is 0 Å². The quantitative estimate of drug-likeness (QED) is 0.788. The maximum Gasteiger partial charge on any atom is 0.280 e. The number of alkyl halides is 2. The number of amides is 1. The number of likely N-dealkylation sites (tertiary alicyclic amines) is 1. The number of nitrogens with zero attached hydrogens (tertiary/aromatic N) is 5. The molecule has 2 aromatic heterocycles. The van der Waals surface area contributed by atoms with Gasteiger partial charge in [0.25, 0.3) is 12.2 Å². The zero-order valence-electron chi connectivity index (χ0n) is 14.4. The lowest BCUT2D eigenvalue weighted by atomic mass is 9.89. The predicted molar refractivity (Wildman–Crippen MR) is 90.8 cm³/mol. The minimum Gasteiger partial charge on any atom is -0.342 e. The van der Waals surface area contributed by atoms with Crippen LogP contribution < -0.4 is 0 Å². The second-order valence-corrected chi connectivity index (χ2v) is 6.96. The summed E-state index contributed by atoms with van der Waals surface area (Å²) in [6, 6.07) is 1.43. The van der Waals surface area contributed by atoms with E-state index in [2.05, 4.69) is 27.2 Å². The molecule has 0 bridgehead atoms. The van der Waals surface area contributed by atoms with Gasteiger partial charge >= 0.3 is 0 Å². The van der Waals surface area contributed by atoms with Crippen LogP contribution in [0.5, 0.6) is 0 Å². The normalized spacial score (nSPS) is 21.7. The molecule has 1 saturated heterocycles. The number of allylic oxidation sites excluding steroid dienone is 2. The summed E-state index contributed by atoms with van der Waals surface area (Å²) in [5.74, 6) is 0.573. The molecule has 0 saturated carbocycles. The highest BCUT2D eigenvalue weighted by atomic mass is 19.3. The van der Waals surface area contributed by atoms with Crippen molar-refractivity contribution in [2.75, 3.05) is 13.1 Å². The van der Waals surface area contributed by atoms with Gasteiger partial charge in [-0.15, -0.1) is 0 Å². The maximum absolute atomic E-state index is 13.3. The van der Waals surface area contributed by atoms with E-state index in [-0.39, 0.29) is 29.2 Å². The minimum absolute atomic E-state index is 0.0597.